The predicted octanol–water partition coefficient (Wildman–Crippen LogP) is 3.60. The Hall–Kier alpha value is -1.83. The van der Waals surface area contributed by atoms with Crippen LogP contribution in [-0.4, -0.2) is 32.4 Å². The lowest BCUT2D eigenvalue weighted by molar-refractivity contribution is -0.117. The first-order valence-electron chi connectivity index (χ1n) is 8.83. The molecule has 2 aromatic carbocycles. The number of amides is 1. The zero-order valence-corrected chi connectivity index (χ0v) is 17.5. The summed E-state index contributed by atoms with van der Waals surface area (Å²) in [5, 5.41) is 2.83. The number of sulfonamides is 1. The lowest BCUT2D eigenvalue weighted by atomic mass is 10.1. The summed E-state index contributed by atoms with van der Waals surface area (Å²) in [7, 11) is -3.78. The van der Waals surface area contributed by atoms with Gasteiger partial charge >= 0.3 is 0 Å². The van der Waals surface area contributed by atoms with Crippen LogP contribution in [0.15, 0.2) is 53.4 Å². The summed E-state index contributed by atoms with van der Waals surface area (Å²) in [6.07, 6.45) is 3.19. The Morgan fingerprint density at radius 2 is 1.85 bits per heavy atom. The van der Waals surface area contributed by atoms with Crippen molar-refractivity contribution in [3.63, 3.8) is 0 Å². The van der Waals surface area contributed by atoms with Crippen molar-refractivity contribution in [3.05, 3.63) is 59.7 Å². The van der Waals surface area contributed by atoms with Gasteiger partial charge in [-0.15, -0.1) is 0 Å². The molecule has 0 heterocycles. The van der Waals surface area contributed by atoms with Crippen LogP contribution in [-0.2, 0) is 21.2 Å². The number of hydrogen-bond acceptors (Lipinski definition) is 4. The van der Waals surface area contributed by atoms with E-state index in [0.29, 0.717) is 17.9 Å². The molecule has 1 unspecified atom stereocenters. The third kappa shape index (κ3) is 6.37. The molecule has 0 saturated heterocycles. The predicted molar refractivity (Wildman–Crippen MR) is 113 cm³/mol. The highest BCUT2D eigenvalue weighted by Crippen LogP contribution is 2.15. The number of carbonyl (C=O) groups excluding carboxylic acids is 1. The maximum Gasteiger partial charge on any atom is 0.242 e. The summed E-state index contributed by atoms with van der Waals surface area (Å²) in [6.45, 7) is 3.93. The SMILES string of the molecule is CCc1cccc(NC(=O)C(CCSC)NS(=O)(=O)c2ccc(C)cc2)c1. The molecule has 0 spiro atoms. The molecule has 0 fully saturated rings. The Bertz CT molecular complexity index is 865. The Morgan fingerprint density at radius 1 is 1.15 bits per heavy atom. The zero-order chi connectivity index (χ0) is 19.9. The van der Waals surface area contributed by atoms with Crippen LogP contribution in [0.2, 0.25) is 0 Å². The average molecular weight is 407 g/mol. The van der Waals surface area contributed by atoms with Crippen molar-refractivity contribution in [2.45, 2.75) is 37.6 Å². The van der Waals surface area contributed by atoms with Gasteiger partial charge in [-0.2, -0.15) is 16.5 Å². The van der Waals surface area contributed by atoms with E-state index < -0.39 is 16.1 Å². The first-order valence-corrected chi connectivity index (χ1v) is 11.7. The highest BCUT2D eigenvalue weighted by molar-refractivity contribution is 7.98. The molecule has 0 aliphatic carbocycles. The Kier molecular flexibility index (Phi) is 7.89. The van der Waals surface area contributed by atoms with E-state index in [2.05, 4.69) is 10.0 Å². The van der Waals surface area contributed by atoms with E-state index in [1.54, 1.807) is 42.1 Å². The maximum absolute atomic E-state index is 12.7. The molecule has 1 atom stereocenters. The Labute approximate surface area is 166 Å². The number of rotatable bonds is 9. The minimum atomic E-state index is -3.78. The number of hydrogen-bond donors (Lipinski definition) is 2. The van der Waals surface area contributed by atoms with Crippen LogP contribution in [0.3, 0.4) is 0 Å². The maximum atomic E-state index is 12.7. The van der Waals surface area contributed by atoms with E-state index >= 15 is 0 Å². The molecular weight excluding hydrogens is 380 g/mol. The highest BCUT2D eigenvalue weighted by atomic mass is 32.2. The summed E-state index contributed by atoms with van der Waals surface area (Å²) in [6, 6.07) is 13.3. The lowest BCUT2D eigenvalue weighted by Gasteiger charge is -2.18. The van der Waals surface area contributed by atoms with Crippen molar-refractivity contribution in [2.24, 2.45) is 0 Å². The first-order chi connectivity index (χ1) is 12.9. The normalized spacial score (nSPS) is 12.6. The van der Waals surface area contributed by atoms with Gasteiger partial charge in [-0.05, 0) is 61.6 Å². The van der Waals surface area contributed by atoms with Crippen LogP contribution in [0.4, 0.5) is 5.69 Å². The Morgan fingerprint density at radius 3 is 2.48 bits per heavy atom. The Balaban J connectivity index is 2.17. The van der Waals surface area contributed by atoms with Gasteiger partial charge in [0.05, 0.1) is 4.90 Å². The van der Waals surface area contributed by atoms with Gasteiger partial charge in [0.1, 0.15) is 6.04 Å². The molecule has 7 heteroatoms. The van der Waals surface area contributed by atoms with E-state index in [4.69, 9.17) is 0 Å². The van der Waals surface area contributed by atoms with Crippen LogP contribution in [0, 0.1) is 6.92 Å². The fraction of sp³-hybridized carbons (Fsp3) is 0.350. The number of nitrogens with one attached hydrogen (secondary N) is 2. The van der Waals surface area contributed by atoms with Crippen LogP contribution >= 0.6 is 11.8 Å². The molecule has 0 saturated carbocycles. The molecular formula is C20H26N2O3S2. The molecule has 2 rings (SSSR count). The number of anilines is 1. The first kappa shape index (κ1) is 21.5. The van der Waals surface area contributed by atoms with Crippen molar-refractivity contribution >= 4 is 33.4 Å². The van der Waals surface area contributed by atoms with Crippen LogP contribution < -0.4 is 10.0 Å². The van der Waals surface area contributed by atoms with Gasteiger partial charge in [0, 0.05) is 5.69 Å². The van der Waals surface area contributed by atoms with Crippen molar-refractivity contribution < 1.29 is 13.2 Å². The number of carbonyl (C=O) groups is 1. The van der Waals surface area contributed by atoms with E-state index in [0.717, 1.165) is 17.5 Å². The molecule has 5 nitrogen and oxygen atoms in total. The van der Waals surface area contributed by atoms with Gasteiger partial charge in [0.15, 0.2) is 0 Å². The highest BCUT2D eigenvalue weighted by Gasteiger charge is 2.25. The van der Waals surface area contributed by atoms with Gasteiger partial charge in [0.25, 0.3) is 0 Å². The number of benzene rings is 2. The molecule has 2 aromatic rings. The smallest absolute Gasteiger partial charge is 0.242 e. The third-order valence-corrected chi connectivity index (χ3v) is 6.29. The number of thioether (sulfide) groups is 1. The topological polar surface area (TPSA) is 75.3 Å². The van der Waals surface area contributed by atoms with E-state index in [1.807, 2.05) is 38.3 Å². The largest absolute Gasteiger partial charge is 0.325 e. The molecule has 27 heavy (non-hydrogen) atoms. The monoisotopic (exact) mass is 406 g/mol. The van der Waals surface area contributed by atoms with Crippen molar-refractivity contribution in [1.29, 1.82) is 0 Å². The van der Waals surface area contributed by atoms with E-state index in [-0.39, 0.29) is 10.8 Å². The van der Waals surface area contributed by atoms with Crippen molar-refractivity contribution in [2.75, 3.05) is 17.3 Å². The second kappa shape index (κ2) is 9.92. The summed E-state index contributed by atoms with van der Waals surface area (Å²) < 4.78 is 27.9. The lowest BCUT2D eigenvalue weighted by Crippen LogP contribution is -2.44. The fourth-order valence-electron chi connectivity index (χ4n) is 2.55. The summed E-state index contributed by atoms with van der Waals surface area (Å²) in [5.74, 6) is 0.316. The van der Waals surface area contributed by atoms with Gasteiger partial charge in [-0.1, -0.05) is 36.8 Å². The van der Waals surface area contributed by atoms with Crippen LogP contribution in [0.25, 0.3) is 0 Å². The zero-order valence-electron chi connectivity index (χ0n) is 15.9. The quantitative estimate of drug-likeness (QED) is 0.667. The minimum absolute atomic E-state index is 0.156. The molecule has 0 aliphatic rings. The summed E-state index contributed by atoms with van der Waals surface area (Å²) >= 11 is 1.57. The number of aryl methyl sites for hydroxylation is 2. The average Bonchev–Trinajstić information content (AvgIpc) is 2.65. The van der Waals surface area contributed by atoms with Crippen LogP contribution in [0.1, 0.15) is 24.5 Å². The second-order valence-corrected chi connectivity index (χ2v) is 9.01. The molecule has 146 valence electrons. The minimum Gasteiger partial charge on any atom is -0.325 e. The molecule has 1 amide bonds. The van der Waals surface area contributed by atoms with E-state index in [1.165, 1.54) is 0 Å². The van der Waals surface area contributed by atoms with Crippen molar-refractivity contribution in [3.8, 4) is 0 Å². The molecule has 0 radical (unpaired) electrons. The molecule has 0 bridgehead atoms. The van der Waals surface area contributed by atoms with Crippen molar-refractivity contribution in [1.82, 2.24) is 4.72 Å². The van der Waals surface area contributed by atoms with Crippen LogP contribution in [0.5, 0.6) is 0 Å². The fourth-order valence-corrected chi connectivity index (χ4v) is 4.25. The van der Waals surface area contributed by atoms with Gasteiger partial charge < -0.3 is 5.32 Å². The standard InChI is InChI=1S/C20H26N2O3S2/c1-4-16-6-5-7-17(14-16)21-20(23)19(12-13-26-3)22-27(24,25)18-10-8-15(2)9-11-18/h5-11,14,19,22H,4,12-13H2,1-3H3,(H,21,23). The summed E-state index contributed by atoms with van der Waals surface area (Å²) in [4.78, 5) is 12.9. The third-order valence-electron chi connectivity index (χ3n) is 4.16. The molecule has 2 N–H and O–H groups in total. The van der Waals surface area contributed by atoms with Gasteiger partial charge in [-0.25, -0.2) is 8.42 Å². The molecule has 0 aliphatic heterocycles. The second-order valence-electron chi connectivity index (χ2n) is 6.31. The van der Waals surface area contributed by atoms with E-state index in [9.17, 15) is 13.2 Å². The molecule has 0 aromatic heterocycles. The van der Waals surface area contributed by atoms with Gasteiger partial charge in [0.2, 0.25) is 15.9 Å². The summed E-state index contributed by atoms with van der Waals surface area (Å²) in [5.41, 5.74) is 2.75. The van der Waals surface area contributed by atoms with Gasteiger partial charge in [-0.3, -0.25) is 4.79 Å².